The average molecular weight is 368 g/mol. The molecule has 1 aromatic rings. The molecule has 0 aromatic heterocycles. The van der Waals surface area contributed by atoms with Crippen molar-refractivity contribution < 1.29 is 16.8 Å². The largest absolute Gasteiger partial charge is 0.241 e. The maximum atomic E-state index is 12.2. The predicted molar refractivity (Wildman–Crippen MR) is 76.1 cm³/mol. The van der Waals surface area contributed by atoms with Crippen LogP contribution in [0.15, 0.2) is 33.6 Å². The first-order chi connectivity index (χ1) is 8.62. The van der Waals surface area contributed by atoms with E-state index in [-0.39, 0.29) is 16.4 Å². The highest BCUT2D eigenvalue weighted by Gasteiger charge is 2.41. The molecule has 106 valence electrons. The normalized spacial score (nSPS) is 26.4. The van der Waals surface area contributed by atoms with Gasteiger partial charge in [0.2, 0.25) is 10.0 Å². The van der Waals surface area contributed by atoms with Gasteiger partial charge in [0.05, 0.1) is 16.4 Å². The zero-order valence-corrected chi connectivity index (χ0v) is 13.5. The van der Waals surface area contributed by atoms with Gasteiger partial charge in [-0.3, -0.25) is 0 Å². The van der Waals surface area contributed by atoms with Gasteiger partial charge in [0.25, 0.3) is 0 Å². The Morgan fingerprint density at radius 3 is 2.58 bits per heavy atom. The van der Waals surface area contributed by atoms with Crippen molar-refractivity contribution in [1.29, 1.82) is 0 Å². The summed E-state index contributed by atoms with van der Waals surface area (Å²) in [5.41, 5.74) is -0.931. The van der Waals surface area contributed by atoms with Crippen molar-refractivity contribution in [3.05, 3.63) is 28.7 Å². The van der Waals surface area contributed by atoms with Gasteiger partial charge in [-0.25, -0.2) is 21.6 Å². The number of sulfone groups is 1. The summed E-state index contributed by atoms with van der Waals surface area (Å²) in [5.74, 6) is -0.141. The van der Waals surface area contributed by atoms with E-state index in [4.69, 9.17) is 0 Å². The topological polar surface area (TPSA) is 80.3 Å². The van der Waals surface area contributed by atoms with E-state index in [0.717, 1.165) is 0 Å². The van der Waals surface area contributed by atoms with Crippen LogP contribution >= 0.6 is 15.9 Å². The Bertz CT molecular complexity index is 699. The number of sulfonamides is 1. The lowest BCUT2D eigenvalue weighted by Crippen LogP contribution is -2.46. The second kappa shape index (κ2) is 4.83. The van der Waals surface area contributed by atoms with Gasteiger partial charge in [0.1, 0.15) is 0 Å². The molecule has 0 radical (unpaired) electrons. The summed E-state index contributed by atoms with van der Waals surface area (Å²) in [6, 6.07) is 6.29. The number of halogens is 1. The Morgan fingerprint density at radius 1 is 1.37 bits per heavy atom. The summed E-state index contributed by atoms with van der Waals surface area (Å²) in [6.07, 6.45) is 0.294. The third-order valence-corrected chi connectivity index (χ3v) is 7.02. The highest BCUT2D eigenvalue weighted by Crippen LogP contribution is 2.26. The minimum atomic E-state index is -3.72. The van der Waals surface area contributed by atoms with Crippen molar-refractivity contribution in [2.45, 2.75) is 23.8 Å². The Labute approximate surface area is 121 Å². The molecule has 0 bridgehead atoms. The Balaban J connectivity index is 2.28. The number of benzene rings is 1. The maximum absolute atomic E-state index is 12.2. The molecule has 1 atom stereocenters. The summed E-state index contributed by atoms with van der Waals surface area (Å²) >= 11 is 3.21. The van der Waals surface area contributed by atoms with Gasteiger partial charge >= 0.3 is 0 Å². The van der Waals surface area contributed by atoms with Crippen molar-refractivity contribution in [3.8, 4) is 0 Å². The monoisotopic (exact) mass is 367 g/mol. The fourth-order valence-corrected chi connectivity index (χ4v) is 6.32. The summed E-state index contributed by atoms with van der Waals surface area (Å²) in [7, 11) is -6.87. The van der Waals surface area contributed by atoms with Crippen LogP contribution in [0.1, 0.15) is 13.3 Å². The average Bonchev–Trinajstić information content (AvgIpc) is 2.51. The fourth-order valence-electron chi connectivity index (χ4n) is 2.11. The summed E-state index contributed by atoms with van der Waals surface area (Å²) in [6.45, 7) is 1.62. The fraction of sp³-hybridized carbons (Fsp3) is 0.455. The van der Waals surface area contributed by atoms with Crippen LogP contribution in [0.5, 0.6) is 0 Å². The van der Waals surface area contributed by atoms with E-state index in [1.54, 1.807) is 19.1 Å². The summed E-state index contributed by atoms with van der Waals surface area (Å²) in [5, 5.41) is 0. The van der Waals surface area contributed by atoms with Crippen LogP contribution in [0.4, 0.5) is 0 Å². The molecule has 0 saturated carbocycles. The van der Waals surface area contributed by atoms with E-state index in [1.165, 1.54) is 12.1 Å². The summed E-state index contributed by atoms with van der Waals surface area (Å²) in [4.78, 5) is 0.118. The van der Waals surface area contributed by atoms with Crippen molar-refractivity contribution in [3.63, 3.8) is 0 Å². The minimum Gasteiger partial charge on any atom is -0.229 e. The summed E-state index contributed by atoms with van der Waals surface area (Å²) < 4.78 is 50.6. The lowest BCUT2D eigenvalue weighted by Gasteiger charge is -2.23. The van der Waals surface area contributed by atoms with Crippen LogP contribution in [0.3, 0.4) is 0 Å². The van der Waals surface area contributed by atoms with Crippen molar-refractivity contribution >= 4 is 35.8 Å². The van der Waals surface area contributed by atoms with Gasteiger partial charge < -0.3 is 0 Å². The van der Waals surface area contributed by atoms with E-state index >= 15 is 0 Å². The SMILES string of the molecule is CC1(NS(=O)(=O)c2cccc(Br)c2)CCS(=O)(=O)C1. The van der Waals surface area contributed by atoms with Crippen LogP contribution in [0, 0.1) is 0 Å². The molecule has 1 aromatic carbocycles. The van der Waals surface area contributed by atoms with Crippen LogP contribution in [0.2, 0.25) is 0 Å². The molecule has 1 fully saturated rings. The molecule has 1 unspecified atom stereocenters. The van der Waals surface area contributed by atoms with Crippen LogP contribution in [-0.2, 0) is 19.9 Å². The molecular weight excluding hydrogens is 354 g/mol. The number of hydrogen-bond donors (Lipinski definition) is 1. The molecule has 1 N–H and O–H groups in total. The molecule has 0 spiro atoms. The van der Waals surface area contributed by atoms with Crippen molar-refractivity contribution in [1.82, 2.24) is 4.72 Å². The van der Waals surface area contributed by atoms with Crippen LogP contribution < -0.4 is 4.72 Å². The van der Waals surface area contributed by atoms with Crippen LogP contribution in [-0.4, -0.2) is 33.9 Å². The standard InChI is InChI=1S/C11H14BrNO4S2/c1-11(5-6-18(14,15)8-11)13-19(16,17)10-4-2-3-9(12)7-10/h2-4,7,13H,5-6,8H2,1H3. The third kappa shape index (κ3) is 3.56. The first-order valence-electron chi connectivity index (χ1n) is 5.62. The molecule has 0 amide bonds. The highest BCUT2D eigenvalue weighted by molar-refractivity contribution is 9.10. The van der Waals surface area contributed by atoms with E-state index in [2.05, 4.69) is 20.7 Å². The zero-order valence-electron chi connectivity index (χ0n) is 10.3. The highest BCUT2D eigenvalue weighted by atomic mass is 79.9. The molecule has 1 heterocycles. The Kier molecular flexibility index (Phi) is 3.81. The molecular formula is C11H14BrNO4S2. The lowest BCUT2D eigenvalue weighted by atomic mass is 10.0. The van der Waals surface area contributed by atoms with Crippen molar-refractivity contribution in [2.75, 3.05) is 11.5 Å². The van der Waals surface area contributed by atoms with Gasteiger partial charge in [-0.15, -0.1) is 0 Å². The number of nitrogens with one attached hydrogen (secondary N) is 1. The molecule has 1 aliphatic heterocycles. The second-order valence-electron chi connectivity index (χ2n) is 4.97. The van der Waals surface area contributed by atoms with E-state index < -0.39 is 25.4 Å². The second-order valence-corrected chi connectivity index (χ2v) is 9.75. The molecule has 5 nitrogen and oxygen atoms in total. The number of hydrogen-bond acceptors (Lipinski definition) is 4. The minimum absolute atomic E-state index is 0.0184. The molecule has 1 saturated heterocycles. The van der Waals surface area contributed by atoms with Gasteiger partial charge in [0.15, 0.2) is 9.84 Å². The molecule has 19 heavy (non-hydrogen) atoms. The Morgan fingerprint density at radius 2 is 2.05 bits per heavy atom. The quantitative estimate of drug-likeness (QED) is 0.872. The lowest BCUT2D eigenvalue weighted by molar-refractivity contribution is 0.462. The van der Waals surface area contributed by atoms with Gasteiger partial charge in [-0.2, -0.15) is 0 Å². The smallest absolute Gasteiger partial charge is 0.229 e. The molecule has 0 aliphatic carbocycles. The molecule has 1 aliphatic rings. The maximum Gasteiger partial charge on any atom is 0.241 e. The molecule has 2 rings (SSSR count). The first-order valence-corrected chi connectivity index (χ1v) is 9.72. The van der Waals surface area contributed by atoms with Crippen molar-refractivity contribution in [2.24, 2.45) is 0 Å². The predicted octanol–water partition coefficient (Wildman–Crippen LogP) is 1.30. The zero-order chi connectivity index (χ0) is 14.3. The van der Waals surface area contributed by atoms with Gasteiger partial charge in [-0.05, 0) is 31.5 Å². The third-order valence-electron chi connectivity index (χ3n) is 2.99. The Hall–Kier alpha value is -0.440. The van der Waals surface area contributed by atoms with Gasteiger partial charge in [-0.1, -0.05) is 22.0 Å². The van der Waals surface area contributed by atoms with Gasteiger partial charge in [0, 0.05) is 10.0 Å². The molecule has 8 heteroatoms. The van der Waals surface area contributed by atoms with E-state index in [0.29, 0.717) is 10.9 Å². The van der Waals surface area contributed by atoms with E-state index in [1.807, 2.05) is 0 Å². The van der Waals surface area contributed by atoms with Crippen LogP contribution in [0.25, 0.3) is 0 Å². The van der Waals surface area contributed by atoms with E-state index in [9.17, 15) is 16.8 Å². The first kappa shape index (κ1) is 15.0. The number of rotatable bonds is 3.